The number of alkyl halides is 4. The summed E-state index contributed by atoms with van der Waals surface area (Å²) in [6.07, 6.45) is -3.03. The first kappa shape index (κ1) is 16.8. The van der Waals surface area contributed by atoms with Crippen LogP contribution in [0.5, 0.6) is 0 Å². The van der Waals surface area contributed by atoms with Gasteiger partial charge in [0, 0.05) is 17.0 Å². The largest absolute Gasteiger partial charge is 0.411 e. The van der Waals surface area contributed by atoms with Gasteiger partial charge in [0.25, 0.3) is 0 Å². The van der Waals surface area contributed by atoms with Crippen LogP contribution in [-0.4, -0.2) is 25.3 Å². The first-order valence-corrected chi connectivity index (χ1v) is 7.19. The Balaban J connectivity index is 2.36. The van der Waals surface area contributed by atoms with E-state index in [4.69, 9.17) is 11.6 Å². The van der Waals surface area contributed by atoms with Gasteiger partial charge < -0.3 is 4.74 Å². The molecular formula is C13H15BrClF3O. The van der Waals surface area contributed by atoms with E-state index in [0.29, 0.717) is 12.3 Å². The van der Waals surface area contributed by atoms with Gasteiger partial charge in [0.05, 0.1) is 0 Å². The number of ether oxygens (including phenoxy) is 1. The number of rotatable bonds is 7. The summed E-state index contributed by atoms with van der Waals surface area (Å²) in [6.45, 7) is -1.13. The van der Waals surface area contributed by atoms with Crippen LogP contribution in [0.15, 0.2) is 28.7 Å². The van der Waals surface area contributed by atoms with Crippen LogP contribution >= 0.6 is 27.5 Å². The van der Waals surface area contributed by atoms with Gasteiger partial charge in [0.15, 0.2) is 0 Å². The zero-order valence-electron chi connectivity index (χ0n) is 10.2. The first-order chi connectivity index (χ1) is 8.92. The summed E-state index contributed by atoms with van der Waals surface area (Å²) in [6, 6.07) is 7.74. The van der Waals surface area contributed by atoms with Gasteiger partial charge in [0.2, 0.25) is 0 Å². The molecule has 0 aliphatic rings. The van der Waals surface area contributed by atoms with E-state index in [9.17, 15) is 13.2 Å². The number of benzene rings is 1. The molecule has 0 spiro atoms. The lowest BCUT2D eigenvalue weighted by molar-refractivity contribution is -0.174. The molecule has 1 aromatic rings. The summed E-state index contributed by atoms with van der Waals surface area (Å²) in [5, 5.41) is 0. The maximum atomic E-state index is 11.9. The van der Waals surface area contributed by atoms with Gasteiger partial charge in [-0.2, -0.15) is 13.2 Å². The fraction of sp³-hybridized carbons (Fsp3) is 0.538. The maximum absolute atomic E-state index is 11.9. The van der Waals surface area contributed by atoms with Crippen LogP contribution in [0.4, 0.5) is 13.2 Å². The van der Waals surface area contributed by atoms with Gasteiger partial charge in [-0.15, -0.1) is 11.6 Å². The van der Waals surface area contributed by atoms with Crippen molar-refractivity contribution < 1.29 is 17.9 Å². The van der Waals surface area contributed by atoms with Gasteiger partial charge in [-0.25, -0.2) is 0 Å². The van der Waals surface area contributed by atoms with E-state index in [0.717, 1.165) is 16.5 Å². The lowest BCUT2D eigenvalue weighted by atomic mass is 9.98. The molecule has 1 nitrogen and oxygen atoms in total. The van der Waals surface area contributed by atoms with E-state index in [2.05, 4.69) is 20.7 Å². The van der Waals surface area contributed by atoms with Gasteiger partial charge in [0.1, 0.15) is 6.61 Å². The maximum Gasteiger partial charge on any atom is 0.411 e. The summed E-state index contributed by atoms with van der Waals surface area (Å²) in [5.41, 5.74) is 1.10. The Morgan fingerprint density at radius 2 is 1.95 bits per heavy atom. The molecule has 1 unspecified atom stereocenters. The SMILES string of the molecule is FC(F)(F)COCCC(CCl)Cc1ccccc1Br. The Kier molecular flexibility index (Phi) is 7.18. The molecule has 0 aromatic heterocycles. The summed E-state index contributed by atoms with van der Waals surface area (Å²) in [7, 11) is 0. The molecule has 6 heteroatoms. The van der Waals surface area contributed by atoms with Crippen molar-refractivity contribution in [3.05, 3.63) is 34.3 Å². The molecule has 0 N–H and O–H groups in total. The highest BCUT2D eigenvalue weighted by molar-refractivity contribution is 9.10. The fourth-order valence-electron chi connectivity index (χ4n) is 1.65. The minimum atomic E-state index is -4.26. The lowest BCUT2D eigenvalue weighted by Gasteiger charge is -2.15. The van der Waals surface area contributed by atoms with Crippen LogP contribution < -0.4 is 0 Å². The Labute approximate surface area is 124 Å². The Hall–Kier alpha value is -0.260. The monoisotopic (exact) mass is 358 g/mol. The molecule has 0 heterocycles. The van der Waals surface area contributed by atoms with Crippen molar-refractivity contribution in [3.8, 4) is 0 Å². The molecule has 0 fully saturated rings. The van der Waals surface area contributed by atoms with E-state index < -0.39 is 12.8 Å². The molecule has 0 aliphatic heterocycles. The summed E-state index contributed by atoms with van der Waals surface area (Å²) in [4.78, 5) is 0. The van der Waals surface area contributed by atoms with Gasteiger partial charge >= 0.3 is 6.18 Å². The lowest BCUT2D eigenvalue weighted by Crippen LogP contribution is -2.19. The van der Waals surface area contributed by atoms with Crippen molar-refractivity contribution in [1.29, 1.82) is 0 Å². The molecule has 1 aromatic carbocycles. The molecule has 0 saturated carbocycles. The third-order valence-electron chi connectivity index (χ3n) is 2.62. The second kappa shape index (κ2) is 8.12. The number of halogens is 5. The van der Waals surface area contributed by atoms with Crippen LogP contribution in [-0.2, 0) is 11.2 Å². The first-order valence-electron chi connectivity index (χ1n) is 5.86. The standard InChI is InChI=1S/C13H15BrClF3O/c14-12-4-2-1-3-11(12)7-10(8-15)5-6-19-9-13(16,17)18/h1-4,10H,5-9H2. The molecule has 0 amide bonds. The molecule has 1 atom stereocenters. The topological polar surface area (TPSA) is 9.23 Å². The van der Waals surface area contributed by atoms with E-state index in [1.165, 1.54) is 0 Å². The number of hydrogen-bond acceptors (Lipinski definition) is 1. The van der Waals surface area contributed by atoms with Gasteiger partial charge in [-0.3, -0.25) is 0 Å². The average Bonchev–Trinajstić information content (AvgIpc) is 2.34. The van der Waals surface area contributed by atoms with E-state index in [1.807, 2.05) is 24.3 Å². The van der Waals surface area contributed by atoms with Crippen molar-refractivity contribution >= 4 is 27.5 Å². The highest BCUT2D eigenvalue weighted by Crippen LogP contribution is 2.22. The highest BCUT2D eigenvalue weighted by atomic mass is 79.9. The van der Waals surface area contributed by atoms with E-state index >= 15 is 0 Å². The fourth-order valence-corrected chi connectivity index (χ4v) is 2.36. The van der Waals surface area contributed by atoms with Crippen LogP contribution in [0, 0.1) is 5.92 Å². The van der Waals surface area contributed by atoms with Crippen LogP contribution in [0.25, 0.3) is 0 Å². The molecule has 0 bridgehead atoms. The average molecular weight is 360 g/mol. The molecule has 0 saturated heterocycles. The summed E-state index contributed by atoms with van der Waals surface area (Å²) >= 11 is 9.28. The molecular weight excluding hydrogens is 344 g/mol. The molecule has 1 rings (SSSR count). The van der Waals surface area contributed by atoms with Crippen molar-refractivity contribution in [2.24, 2.45) is 5.92 Å². The van der Waals surface area contributed by atoms with E-state index in [1.54, 1.807) is 0 Å². The zero-order chi connectivity index (χ0) is 14.3. The Morgan fingerprint density at radius 3 is 2.53 bits per heavy atom. The third-order valence-corrected chi connectivity index (χ3v) is 3.83. The van der Waals surface area contributed by atoms with E-state index in [-0.39, 0.29) is 12.5 Å². The highest BCUT2D eigenvalue weighted by Gasteiger charge is 2.27. The minimum absolute atomic E-state index is 0.0708. The van der Waals surface area contributed by atoms with Crippen LogP contribution in [0.3, 0.4) is 0 Å². The number of hydrogen-bond donors (Lipinski definition) is 0. The van der Waals surface area contributed by atoms with Crippen molar-refractivity contribution in [2.75, 3.05) is 19.1 Å². The zero-order valence-corrected chi connectivity index (χ0v) is 12.6. The molecule has 0 aliphatic carbocycles. The third kappa shape index (κ3) is 7.18. The van der Waals surface area contributed by atoms with Crippen LogP contribution in [0.2, 0.25) is 0 Å². The molecule has 108 valence electrons. The summed E-state index contributed by atoms with van der Waals surface area (Å²) < 4.78 is 41.3. The molecule has 0 radical (unpaired) electrons. The Bertz CT molecular complexity index is 384. The predicted octanol–water partition coefficient (Wildman–Crippen LogP) is 4.82. The normalized spacial score (nSPS) is 13.5. The second-order valence-corrected chi connectivity index (χ2v) is 5.44. The smallest absolute Gasteiger partial charge is 0.372 e. The van der Waals surface area contributed by atoms with Crippen molar-refractivity contribution in [1.82, 2.24) is 0 Å². The van der Waals surface area contributed by atoms with Gasteiger partial charge in [-0.1, -0.05) is 34.1 Å². The molecule has 19 heavy (non-hydrogen) atoms. The minimum Gasteiger partial charge on any atom is -0.372 e. The Morgan fingerprint density at radius 1 is 1.26 bits per heavy atom. The summed E-state index contributed by atoms with van der Waals surface area (Å²) in [5.74, 6) is 0.505. The quantitative estimate of drug-likeness (QED) is 0.501. The second-order valence-electron chi connectivity index (χ2n) is 4.27. The van der Waals surface area contributed by atoms with Gasteiger partial charge in [-0.05, 0) is 30.4 Å². The van der Waals surface area contributed by atoms with Crippen molar-refractivity contribution in [3.63, 3.8) is 0 Å². The van der Waals surface area contributed by atoms with Crippen LogP contribution in [0.1, 0.15) is 12.0 Å². The van der Waals surface area contributed by atoms with Crippen molar-refractivity contribution in [2.45, 2.75) is 19.0 Å². The predicted molar refractivity (Wildman–Crippen MR) is 73.5 cm³/mol.